The Morgan fingerprint density at radius 1 is 1.78 bits per heavy atom. The van der Waals surface area contributed by atoms with E-state index in [9.17, 15) is 4.79 Å². The average molecular weight is 132 g/mol. The molecule has 0 amide bonds. The maximum Gasteiger partial charge on any atom is 0.322 e. The second-order valence-electron chi connectivity index (χ2n) is 1.94. The van der Waals surface area contributed by atoms with Crippen LogP contribution in [-0.4, -0.2) is 30.2 Å². The van der Waals surface area contributed by atoms with Crippen molar-refractivity contribution in [2.45, 2.75) is 19.0 Å². The highest BCUT2D eigenvalue weighted by atomic mass is 16.4. The predicted molar refractivity (Wildman–Crippen MR) is 34.1 cm³/mol. The summed E-state index contributed by atoms with van der Waals surface area (Å²) >= 11 is 0. The van der Waals surface area contributed by atoms with Gasteiger partial charge in [-0.3, -0.25) is 4.79 Å². The molecule has 0 aliphatic carbocycles. The van der Waals surface area contributed by atoms with Crippen LogP contribution in [-0.2, 0) is 4.79 Å². The highest BCUT2D eigenvalue weighted by molar-refractivity contribution is 5.73. The molecule has 0 aromatic carbocycles. The zero-order chi connectivity index (χ0) is 7.44. The van der Waals surface area contributed by atoms with Gasteiger partial charge in [0.05, 0.1) is 0 Å². The van der Waals surface area contributed by atoms with E-state index in [1.54, 1.807) is 14.0 Å². The van der Waals surface area contributed by atoms with Gasteiger partial charge in [0.15, 0.2) is 0 Å². The maximum absolute atomic E-state index is 10.1. The molecule has 0 aliphatic heterocycles. The quantitative estimate of drug-likeness (QED) is 0.460. The molecule has 0 aliphatic rings. The lowest BCUT2D eigenvalue weighted by Gasteiger charge is -2.13. The Morgan fingerprint density at radius 2 is 2.22 bits per heavy atom. The molecule has 54 valence electrons. The fourth-order valence-electron chi connectivity index (χ4n) is 0.393. The first-order valence-corrected chi connectivity index (χ1v) is 2.75. The minimum atomic E-state index is -0.975. The summed E-state index contributed by atoms with van der Waals surface area (Å²) in [5.41, 5.74) is 5.21. The minimum absolute atomic E-state index is 0.178. The van der Waals surface area contributed by atoms with E-state index in [0.29, 0.717) is 0 Å². The highest BCUT2D eigenvalue weighted by Gasteiger charge is 2.17. The van der Waals surface area contributed by atoms with E-state index >= 15 is 0 Å². The van der Waals surface area contributed by atoms with E-state index in [1.807, 2.05) is 0 Å². The molecular formula is C5H12N2O2. The summed E-state index contributed by atoms with van der Waals surface area (Å²) in [6.45, 7) is 1.72. The van der Waals surface area contributed by atoms with Crippen LogP contribution in [0, 0.1) is 0 Å². The predicted octanol–water partition coefficient (Wildman–Crippen LogP) is -0.994. The molecule has 2 unspecified atom stereocenters. The first kappa shape index (κ1) is 8.39. The number of aliphatic carboxylic acids is 1. The number of carbonyl (C=O) groups is 1. The standard InChI is InChI=1S/C5H12N2O2/c1-3(7-2)4(6)5(8)9/h3-4,7H,6H2,1-2H3,(H,8,9). The Morgan fingerprint density at radius 3 is 2.33 bits per heavy atom. The lowest BCUT2D eigenvalue weighted by Crippen LogP contribution is -2.46. The Labute approximate surface area is 54.0 Å². The van der Waals surface area contributed by atoms with Crippen LogP contribution in [0.3, 0.4) is 0 Å². The van der Waals surface area contributed by atoms with Crippen LogP contribution in [0.4, 0.5) is 0 Å². The molecule has 4 nitrogen and oxygen atoms in total. The van der Waals surface area contributed by atoms with Crippen LogP contribution in [0.5, 0.6) is 0 Å². The second kappa shape index (κ2) is 3.42. The molecule has 4 heteroatoms. The second-order valence-corrected chi connectivity index (χ2v) is 1.94. The molecule has 2 atom stereocenters. The molecule has 0 heterocycles. The molecule has 4 N–H and O–H groups in total. The van der Waals surface area contributed by atoms with Gasteiger partial charge in [-0.1, -0.05) is 0 Å². The van der Waals surface area contributed by atoms with E-state index in [1.165, 1.54) is 0 Å². The zero-order valence-electron chi connectivity index (χ0n) is 5.59. The molecule has 9 heavy (non-hydrogen) atoms. The molecule has 0 spiro atoms. The maximum atomic E-state index is 10.1. The van der Waals surface area contributed by atoms with E-state index in [0.717, 1.165) is 0 Å². The number of carboxylic acids is 1. The van der Waals surface area contributed by atoms with Gasteiger partial charge in [0.1, 0.15) is 6.04 Å². The average Bonchev–Trinajstić information content (AvgIpc) is 1.84. The molecule has 0 bridgehead atoms. The summed E-state index contributed by atoms with van der Waals surface area (Å²) in [4.78, 5) is 10.1. The van der Waals surface area contributed by atoms with Crippen molar-refractivity contribution in [2.24, 2.45) is 5.73 Å². The van der Waals surface area contributed by atoms with Crippen molar-refractivity contribution in [3.05, 3.63) is 0 Å². The first-order valence-electron chi connectivity index (χ1n) is 2.75. The largest absolute Gasteiger partial charge is 0.480 e. The van der Waals surface area contributed by atoms with Gasteiger partial charge in [0.25, 0.3) is 0 Å². The molecule has 0 aromatic rings. The Bertz CT molecular complexity index is 105. The number of rotatable bonds is 3. The van der Waals surface area contributed by atoms with Crippen molar-refractivity contribution >= 4 is 5.97 Å². The molecule has 0 saturated heterocycles. The molecule has 0 aromatic heterocycles. The van der Waals surface area contributed by atoms with Crippen molar-refractivity contribution in [2.75, 3.05) is 7.05 Å². The van der Waals surface area contributed by atoms with Crippen LogP contribution in [0.1, 0.15) is 6.92 Å². The Balaban J connectivity index is 3.72. The minimum Gasteiger partial charge on any atom is -0.480 e. The van der Waals surface area contributed by atoms with E-state index in [4.69, 9.17) is 10.8 Å². The lowest BCUT2D eigenvalue weighted by atomic mass is 10.2. The van der Waals surface area contributed by atoms with Crippen molar-refractivity contribution in [1.82, 2.24) is 5.32 Å². The van der Waals surface area contributed by atoms with Gasteiger partial charge in [-0.15, -0.1) is 0 Å². The summed E-state index contributed by atoms with van der Waals surface area (Å²) in [7, 11) is 1.67. The van der Waals surface area contributed by atoms with Crippen molar-refractivity contribution in [3.8, 4) is 0 Å². The number of hydrogen-bond acceptors (Lipinski definition) is 3. The lowest BCUT2D eigenvalue weighted by molar-refractivity contribution is -0.139. The van der Waals surface area contributed by atoms with Crippen LogP contribution < -0.4 is 11.1 Å². The number of nitrogens with two attached hydrogens (primary N) is 1. The third kappa shape index (κ3) is 2.43. The van der Waals surface area contributed by atoms with Gasteiger partial charge in [0.2, 0.25) is 0 Å². The fraction of sp³-hybridized carbons (Fsp3) is 0.800. The number of hydrogen-bond donors (Lipinski definition) is 3. The Kier molecular flexibility index (Phi) is 3.19. The third-order valence-corrected chi connectivity index (χ3v) is 1.28. The van der Waals surface area contributed by atoms with Gasteiger partial charge < -0.3 is 16.2 Å². The first-order chi connectivity index (χ1) is 4.09. The summed E-state index contributed by atoms with van der Waals surface area (Å²) in [5.74, 6) is -0.975. The zero-order valence-corrected chi connectivity index (χ0v) is 5.59. The van der Waals surface area contributed by atoms with Gasteiger partial charge in [0, 0.05) is 6.04 Å². The highest BCUT2D eigenvalue weighted by Crippen LogP contribution is 1.86. The van der Waals surface area contributed by atoms with Crippen molar-refractivity contribution in [3.63, 3.8) is 0 Å². The smallest absolute Gasteiger partial charge is 0.322 e. The summed E-state index contributed by atoms with van der Waals surface area (Å²) in [6, 6.07) is -0.988. The normalized spacial score (nSPS) is 16.8. The number of carboxylic acid groups (broad SMARTS) is 1. The molecular weight excluding hydrogens is 120 g/mol. The van der Waals surface area contributed by atoms with Crippen LogP contribution in [0.25, 0.3) is 0 Å². The van der Waals surface area contributed by atoms with Crippen LogP contribution >= 0.6 is 0 Å². The van der Waals surface area contributed by atoms with Crippen molar-refractivity contribution in [1.29, 1.82) is 0 Å². The van der Waals surface area contributed by atoms with Gasteiger partial charge >= 0.3 is 5.97 Å². The summed E-state index contributed by atoms with van der Waals surface area (Å²) in [5, 5.41) is 11.1. The van der Waals surface area contributed by atoms with Gasteiger partial charge in [-0.2, -0.15) is 0 Å². The molecule has 0 radical (unpaired) electrons. The topological polar surface area (TPSA) is 75.3 Å². The molecule has 0 saturated carbocycles. The van der Waals surface area contributed by atoms with E-state index in [2.05, 4.69) is 5.32 Å². The monoisotopic (exact) mass is 132 g/mol. The molecule has 0 fully saturated rings. The Hall–Kier alpha value is -0.610. The van der Waals surface area contributed by atoms with Crippen LogP contribution in [0.15, 0.2) is 0 Å². The van der Waals surface area contributed by atoms with Gasteiger partial charge in [-0.05, 0) is 14.0 Å². The van der Waals surface area contributed by atoms with Crippen molar-refractivity contribution < 1.29 is 9.90 Å². The van der Waals surface area contributed by atoms with Gasteiger partial charge in [-0.25, -0.2) is 0 Å². The molecule has 0 rings (SSSR count). The van der Waals surface area contributed by atoms with E-state index in [-0.39, 0.29) is 6.04 Å². The summed E-state index contributed by atoms with van der Waals surface area (Å²) < 4.78 is 0. The summed E-state index contributed by atoms with van der Waals surface area (Å²) in [6.07, 6.45) is 0. The number of likely N-dealkylation sites (N-methyl/N-ethyl adjacent to an activating group) is 1. The SMILES string of the molecule is CNC(C)C(N)C(=O)O. The number of nitrogens with one attached hydrogen (secondary N) is 1. The fourth-order valence-corrected chi connectivity index (χ4v) is 0.393. The van der Waals surface area contributed by atoms with Crippen LogP contribution in [0.2, 0.25) is 0 Å². The third-order valence-electron chi connectivity index (χ3n) is 1.28. The van der Waals surface area contributed by atoms with E-state index < -0.39 is 12.0 Å².